The van der Waals surface area contributed by atoms with E-state index in [9.17, 15) is 9.90 Å². The van der Waals surface area contributed by atoms with Gasteiger partial charge in [0, 0.05) is 5.02 Å². The van der Waals surface area contributed by atoms with Crippen LogP contribution in [0.3, 0.4) is 0 Å². The third kappa shape index (κ3) is 2.90. The van der Waals surface area contributed by atoms with E-state index in [0.29, 0.717) is 13.7 Å². The Balaban J connectivity index is 2.26. The van der Waals surface area contributed by atoms with Crippen molar-refractivity contribution in [2.75, 3.05) is 5.32 Å². The van der Waals surface area contributed by atoms with E-state index in [0.717, 1.165) is 11.3 Å². The summed E-state index contributed by atoms with van der Waals surface area (Å²) in [5, 5.41) is 12.5. The molecule has 18 heavy (non-hydrogen) atoms. The number of phenols is 1. The van der Waals surface area contributed by atoms with Crippen molar-refractivity contribution in [3.63, 3.8) is 0 Å². The fourth-order valence-electron chi connectivity index (χ4n) is 1.29. The second kappa shape index (κ2) is 5.36. The summed E-state index contributed by atoms with van der Waals surface area (Å²) < 4.78 is 0.708. The number of hydrogen-bond acceptors (Lipinski definition) is 3. The van der Waals surface area contributed by atoms with E-state index in [-0.39, 0.29) is 17.0 Å². The van der Waals surface area contributed by atoms with Gasteiger partial charge in [-0.05, 0) is 24.3 Å². The molecule has 0 bridgehead atoms. The first-order valence-corrected chi connectivity index (χ1v) is 6.67. The van der Waals surface area contributed by atoms with E-state index in [1.165, 1.54) is 24.3 Å². The summed E-state index contributed by atoms with van der Waals surface area (Å²) in [5.41, 5.74) is 0.469. The van der Waals surface area contributed by atoms with Gasteiger partial charge in [-0.15, -0.1) is 11.3 Å². The quantitative estimate of drug-likeness (QED) is 0.790. The Bertz CT molecular complexity index is 612. The maximum Gasteiger partial charge on any atom is 0.258 e. The molecule has 0 spiro atoms. The van der Waals surface area contributed by atoms with Crippen LogP contribution in [0.2, 0.25) is 13.7 Å². The molecule has 2 aromatic rings. The van der Waals surface area contributed by atoms with Crippen LogP contribution in [0.4, 0.5) is 5.69 Å². The van der Waals surface area contributed by atoms with Crippen molar-refractivity contribution in [2.45, 2.75) is 0 Å². The molecule has 3 nitrogen and oxygen atoms in total. The first kappa shape index (κ1) is 13.5. The lowest BCUT2D eigenvalue weighted by Gasteiger charge is -2.06. The van der Waals surface area contributed by atoms with Gasteiger partial charge in [0.2, 0.25) is 0 Å². The van der Waals surface area contributed by atoms with Crippen LogP contribution < -0.4 is 5.32 Å². The minimum absolute atomic E-state index is 0.0785. The minimum Gasteiger partial charge on any atom is -0.506 e. The lowest BCUT2D eigenvalue weighted by Crippen LogP contribution is -2.11. The van der Waals surface area contributed by atoms with Gasteiger partial charge in [0.1, 0.15) is 10.1 Å². The summed E-state index contributed by atoms with van der Waals surface area (Å²) in [6.45, 7) is 0. The van der Waals surface area contributed by atoms with E-state index in [2.05, 4.69) is 5.32 Å². The molecule has 0 aliphatic heterocycles. The number of anilines is 1. The monoisotopic (exact) mass is 321 g/mol. The maximum absolute atomic E-state index is 11.9. The second-order valence-corrected chi connectivity index (χ2v) is 6.08. The molecule has 0 aliphatic rings. The highest BCUT2D eigenvalue weighted by atomic mass is 35.5. The topological polar surface area (TPSA) is 49.3 Å². The van der Waals surface area contributed by atoms with Crippen molar-refractivity contribution in [2.24, 2.45) is 0 Å². The Morgan fingerprint density at radius 2 is 1.94 bits per heavy atom. The van der Waals surface area contributed by atoms with E-state index in [1.54, 1.807) is 0 Å². The van der Waals surface area contributed by atoms with Crippen LogP contribution in [-0.4, -0.2) is 11.0 Å². The van der Waals surface area contributed by atoms with Crippen LogP contribution in [0.1, 0.15) is 10.4 Å². The molecule has 0 fully saturated rings. The lowest BCUT2D eigenvalue weighted by molar-refractivity contribution is 0.102. The molecule has 0 atom stereocenters. The maximum atomic E-state index is 11.9. The van der Waals surface area contributed by atoms with Crippen molar-refractivity contribution in [3.05, 3.63) is 43.5 Å². The van der Waals surface area contributed by atoms with Gasteiger partial charge in [-0.3, -0.25) is 4.79 Å². The predicted octanol–water partition coefficient (Wildman–Crippen LogP) is 4.67. The molecule has 0 aliphatic carbocycles. The van der Waals surface area contributed by atoms with Crippen molar-refractivity contribution in [1.82, 2.24) is 0 Å². The number of thiophene rings is 1. The van der Waals surface area contributed by atoms with E-state index in [4.69, 9.17) is 34.8 Å². The number of aromatic hydroxyl groups is 1. The zero-order valence-electron chi connectivity index (χ0n) is 8.71. The summed E-state index contributed by atoms with van der Waals surface area (Å²) in [6, 6.07) is 5.81. The molecule has 2 rings (SSSR count). The highest BCUT2D eigenvalue weighted by molar-refractivity contribution is 7.20. The molecule has 0 radical (unpaired) electrons. The fraction of sp³-hybridized carbons (Fsp3) is 0. The van der Waals surface area contributed by atoms with Gasteiger partial charge in [0.25, 0.3) is 5.91 Å². The number of rotatable bonds is 2. The number of hydrogen-bond donors (Lipinski definition) is 2. The van der Waals surface area contributed by atoms with Gasteiger partial charge in [0.15, 0.2) is 0 Å². The molecule has 0 saturated carbocycles. The number of carbonyl (C=O) groups is 1. The van der Waals surface area contributed by atoms with Crippen molar-refractivity contribution in [3.8, 4) is 5.75 Å². The fourth-order valence-corrected chi connectivity index (χ4v) is 2.92. The molecule has 1 amide bonds. The molecule has 1 aromatic heterocycles. The average molecular weight is 323 g/mol. The zero-order chi connectivity index (χ0) is 13.3. The minimum atomic E-state index is -0.458. The van der Waals surface area contributed by atoms with Crippen molar-refractivity contribution < 1.29 is 9.90 Å². The Morgan fingerprint density at radius 1 is 1.22 bits per heavy atom. The van der Waals surface area contributed by atoms with Gasteiger partial charge < -0.3 is 10.4 Å². The second-order valence-electron chi connectivity index (χ2n) is 3.35. The Hall–Kier alpha value is -0.940. The van der Waals surface area contributed by atoms with E-state index in [1.807, 2.05) is 0 Å². The van der Waals surface area contributed by atoms with Crippen LogP contribution in [0.15, 0.2) is 24.3 Å². The number of phenolic OH excluding ortho intramolecular Hbond substituents is 1. The van der Waals surface area contributed by atoms with Crippen LogP contribution in [0.5, 0.6) is 5.75 Å². The van der Waals surface area contributed by atoms with Crippen LogP contribution in [-0.2, 0) is 0 Å². The smallest absolute Gasteiger partial charge is 0.258 e. The summed E-state index contributed by atoms with van der Waals surface area (Å²) >= 11 is 18.5. The predicted molar refractivity (Wildman–Crippen MR) is 75.4 cm³/mol. The van der Waals surface area contributed by atoms with Crippen molar-refractivity contribution in [1.29, 1.82) is 0 Å². The summed E-state index contributed by atoms with van der Waals surface area (Å²) in [6.07, 6.45) is 0. The number of carbonyl (C=O) groups excluding carboxylic acids is 1. The molecule has 1 aromatic carbocycles. The highest BCUT2D eigenvalue weighted by Gasteiger charge is 2.15. The summed E-state index contributed by atoms with van der Waals surface area (Å²) in [4.78, 5) is 11.9. The summed E-state index contributed by atoms with van der Waals surface area (Å²) in [7, 11) is 0. The van der Waals surface area contributed by atoms with Crippen LogP contribution >= 0.6 is 46.1 Å². The SMILES string of the molecule is O=C(Nc1cc(Cl)ccc1O)c1cc(Cl)sc1Cl. The molecular formula is C11H6Cl3NO2S. The van der Waals surface area contributed by atoms with Gasteiger partial charge >= 0.3 is 0 Å². The zero-order valence-corrected chi connectivity index (χ0v) is 11.8. The molecule has 2 N–H and O–H groups in total. The normalized spacial score (nSPS) is 10.4. The van der Waals surface area contributed by atoms with Gasteiger partial charge in [-0.1, -0.05) is 34.8 Å². The lowest BCUT2D eigenvalue weighted by atomic mass is 10.2. The van der Waals surface area contributed by atoms with E-state index < -0.39 is 5.91 Å². The Morgan fingerprint density at radius 3 is 2.56 bits per heavy atom. The molecule has 0 unspecified atom stereocenters. The molecule has 0 saturated heterocycles. The third-order valence-corrected chi connectivity index (χ3v) is 3.83. The standard InChI is InChI=1S/C11H6Cl3NO2S/c12-5-1-2-8(16)7(3-5)15-11(17)6-4-9(13)18-10(6)14/h1-4,16H,(H,15,17). The molecular weight excluding hydrogens is 317 g/mol. The number of amides is 1. The number of nitrogens with one attached hydrogen (secondary N) is 1. The molecule has 7 heteroatoms. The van der Waals surface area contributed by atoms with E-state index >= 15 is 0 Å². The van der Waals surface area contributed by atoms with Gasteiger partial charge in [-0.25, -0.2) is 0 Å². The van der Waals surface area contributed by atoms with Crippen LogP contribution in [0, 0.1) is 0 Å². The van der Waals surface area contributed by atoms with Gasteiger partial charge in [-0.2, -0.15) is 0 Å². The number of halogens is 3. The Labute approximate surface area is 122 Å². The highest BCUT2D eigenvalue weighted by Crippen LogP contribution is 2.33. The first-order valence-electron chi connectivity index (χ1n) is 4.72. The summed E-state index contributed by atoms with van der Waals surface area (Å²) in [5.74, 6) is -0.536. The Kier molecular flexibility index (Phi) is 4.02. The van der Waals surface area contributed by atoms with Crippen LogP contribution in [0.25, 0.3) is 0 Å². The molecule has 94 valence electrons. The van der Waals surface area contributed by atoms with Gasteiger partial charge in [0.05, 0.1) is 15.6 Å². The average Bonchev–Trinajstić information content (AvgIpc) is 2.63. The first-order chi connectivity index (χ1) is 8.47. The molecule has 1 heterocycles. The van der Waals surface area contributed by atoms with Crippen molar-refractivity contribution >= 4 is 57.7 Å². The largest absolute Gasteiger partial charge is 0.506 e. The number of benzene rings is 1. The third-order valence-electron chi connectivity index (χ3n) is 2.11.